The third kappa shape index (κ3) is 4.80. The number of fused-ring (bicyclic) bond motifs is 1. The van der Waals surface area contributed by atoms with Gasteiger partial charge in [0.25, 0.3) is 0 Å². The fourth-order valence-electron chi connectivity index (χ4n) is 5.26. The van der Waals surface area contributed by atoms with Gasteiger partial charge in [0.1, 0.15) is 17.7 Å². The SMILES string of the molecule is Cc1c(-c2cc3cc(NC(=O)OC4CC5(CCNCC5)C4)ncc3cc2F)cnc(OC(C)C)c1N. The predicted molar refractivity (Wildman–Crippen MR) is 138 cm³/mol. The first-order chi connectivity index (χ1) is 17.2. The van der Waals surface area contributed by atoms with Gasteiger partial charge in [0.05, 0.1) is 11.8 Å². The summed E-state index contributed by atoms with van der Waals surface area (Å²) in [7, 11) is 0. The van der Waals surface area contributed by atoms with Crippen LogP contribution in [-0.2, 0) is 4.74 Å². The molecule has 3 heterocycles. The number of carbonyl (C=O) groups excluding carboxylic acids is 1. The number of benzene rings is 1. The van der Waals surface area contributed by atoms with Gasteiger partial charge >= 0.3 is 6.09 Å². The van der Waals surface area contributed by atoms with Crippen molar-refractivity contribution in [2.75, 3.05) is 24.1 Å². The molecular weight excluding hydrogens is 461 g/mol. The molecule has 190 valence electrons. The van der Waals surface area contributed by atoms with E-state index in [0.29, 0.717) is 44.9 Å². The highest BCUT2D eigenvalue weighted by molar-refractivity contribution is 5.92. The first-order valence-corrected chi connectivity index (χ1v) is 12.4. The zero-order valence-electron chi connectivity index (χ0n) is 20.9. The van der Waals surface area contributed by atoms with Crippen LogP contribution in [0.1, 0.15) is 45.1 Å². The van der Waals surface area contributed by atoms with E-state index in [-0.39, 0.29) is 12.2 Å². The molecule has 0 unspecified atom stereocenters. The van der Waals surface area contributed by atoms with Crippen LogP contribution >= 0.6 is 0 Å². The average Bonchev–Trinajstić information content (AvgIpc) is 2.81. The summed E-state index contributed by atoms with van der Waals surface area (Å²) in [6.45, 7) is 7.65. The number of ether oxygens (including phenoxy) is 2. The topological polar surface area (TPSA) is 111 Å². The van der Waals surface area contributed by atoms with Crippen LogP contribution in [0.3, 0.4) is 0 Å². The number of hydrogen-bond acceptors (Lipinski definition) is 7. The lowest BCUT2D eigenvalue weighted by molar-refractivity contribution is -0.0539. The number of nitrogens with two attached hydrogens (primary N) is 1. The highest BCUT2D eigenvalue weighted by atomic mass is 19.1. The number of pyridine rings is 2. The molecule has 1 saturated carbocycles. The standard InChI is InChI=1S/C27H32FN5O3/c1-15(2)35-25-24(29)16(3)21(14-32-25)20-8-17-10-23(31-13-18(17)9-22(20)28)33-26(34)36-19-11-27(12-19)4-6-30-7-5-27/h8-10,13-15,19,30H,4-7,11-12,29H2,1-3H3,(H,31,33,34). The molecule has 0 atom stereocenters. The molecule has 1 spiro atoms. The van der Waals surface area contributed by atoms with Gasteiger partial charge in [-0.3, -0.25) is 5.32 Å². The van der Waals surface area contributed by atoms with E-state index in [2.05, 4.69) is 20.6 Å². The molecule has 0 bridgehead atoms. The van der Waals surface area contributed by atoms with Crippen molar-refractivity contribution in [2.45, 2.75) is 58.7 Å². The second-order valence-electron chi connectivity index (χ2n) is 10.2. The summed E-state index contributed by atoms with van der Waals surface area (Å²) >= 11 is 0. The van der Waals surface area contributed by atoms with E-state index in [4.69, 9.17) is 15.2 Å². The number of nitrogen functional groups attached to an aromatic ring is 1. The van der Waals surface area contributed by atoms with Crippen LogP contribution in [0.15, 0.2) is 30.6 Å². The molecule has 1 aromatic carbocycles. The van der Waals surface area contributed by atoms with Gasteiger partial charge in [0.2, 0.25) is 5.88 Å². The highest BCUT2D eigenvalue weighted by Crippen LogP contribution is 2.49. The van der Waals surface area contributed by atoms with Gasteiger partial charge in [-0.2, -0.15) is 0 Å². The third-order valence-electron chi connectivity index (χ3n) is 7.28. The maximum Gasteiger partial charge on any atom is 0.413 e. The Kier molecular flexibility index (Phi) is 6.42. The molecule has 3 aromatic rings. The fraction of sp³-hybridized carbons (Fsp3) is 0.444. The summed E-state index contributed by atoms with van der Waals surface area (Å²) in [6, 6.07) is 4.83. The van der Waals surface area contributed by atoms with Crippen molar-refractivity contribution in [3.8, 4) is 17.0 Å². The van der Waals surface area contributed by atoms with Crippen LogP contribution in [-0.4, -0.2) is 41.4 Å². The van der Waals surface area contributed by atoms with E-state index in [0.717, 1.165) is 44.2 Å². The van der Waals surface area contributed by atoms with Gasteiger partial charge in [-0.15, -0.1) is 0 Å². The smallest absolute Gasteiger partial charge is 0.413 e. The number of piperidine rings is 1. The van der Waals surface area contributed by atoms with Crippen LogP contribution in [0, 0.1) is 18.2 Å². The fourth-order valence-corrected chi connectivity index (χ4v) is 5.26. The molecule has 2 aliphatic rings. The minimum Gasteiger partial charge on any atom is -0.473 e. The Bertz CT molecular complexity index is 1300. The molecule has 0 radical (unpaired) electrons. The van der Waals surface area contributed by atoms with E-state index < -0.39 is 11.9 Å². The Labute approximate surface area is 209 Å². The number of anilines is 2. The minimum absolute atomic E-state index is 0.0622. The number of amides is 1. The zero-order chi connectivity index (χ0) is 25.4. The molecule has 1 aliphatic heterocycles. The lowest BCUT2D eigenvalue weighted by atomic mass is 9.62. The van der Waals surface area contributed by atoms with Crippen molar-refractivity contribution in [3.05, 3.63) is 42.0 Å². The molecule has 4 N–H and O–H groups in total. The second-order valence-corrected chi connectivity index (χ2v) is 10.2. The first kappa shape index (κ1) is 24.2. The number of halogens is 1. The van der Waals surface area contributed by atoms with Crippen molar-refractivity contribution in [1.29, 1.82) is 0 Å². The van der Waals surface area contributed by atoms with Crippen LogP contribution in [0.4, 0.5) is 20.7 Å². The zero-order valence-corrected chi connectivity index (χ0v) is 20.9. The average molecular weight is 494 g/mol. The molecule has 5 rings (SSSR count). The maximum atomic E-state index is 15.1. The van der Waals surface area contributed by atoms with Crippen LogP contribution in [0.2, 0.25) is 0 Å². The van der Waals surface area contributed by atoms with E-state index in [1.807, 2.05) is 20.8 Å². The molecule has 2 aromatic heterocycles. The van der Waals surface area contributed by atoms with Gasteiger partial charge < -0.3 is 20.5 Å². The number of nitrogens with one attached hydrogen (secondary N) is 2. The monoisotopic (exact) mass is 493 g/mol. The summed E-state index contributed by atoms with van der Waals surface area (Å²) in [6.07, 6.45) is 6.52. The number of aromatic nitrogens is 2. The van der Waals surface area contributed by atoms with Gasteiger partial charge in [0.15, 0.2) is 0 Å². The Balaban J connectivity index is 1.32. The number of carbonyl (C=O) groups is 1. The molecule has 8 nitrogen and oxygen atoms in total. The van der Waals surface area contributed by atoms with Crippen molar-refractivity contribution >= 4 is 28.4 Å². The second kappa shape index (κ2) is 9.54. The van der Waals surface area contributed by atoms with E-state index in [1.165, 1.54) is 12.3 Å². The Hall–Kier alpha value is -3.46. The van der Waals surface area contributed by atoms with Crippen LogP contribution < -0.4 is 21.1 Å². The number of nitrogens with zero attached hydrogens (tertiary/aromatic N) is 2. The highest BCUT2D eigenvalue weighted by Gasteiger charge is 2.46. The van der Waals surface area contributed by atoms with Crippen LogP contribution in [0.5, 0.6) is 5.88 Å². The van der Waals surface area contributed by atoms with E-state index in [9.17, 15) is 4.79 Å². The molecule has 9 heteroatoms. The minimum atomic E-state index is -0.522. The van der Waals surface area contributed by atoms with Crippen molar-refractivity contribution < 1.29 is 18.7 Å². The summed E-state index contributed by atoms with van der Waals surface area (Å²) in [5, 5.41) is 7.42. The van der Waals surface area contributed by atoms with Crippen molar-refractivity contribution in [1.82, 2.24) is 15.3 Å². The Morgan fingerprint density at radius 2 is 1.89 bits per heavy atom. The van der Waals surface area contributed by atoms with Gasteiger partial charge in [0, 0.05) is 28.9 Å². The Morgan fingerprint density at radius 3 is 2.61 bits per heavy atom. The largest absolute Gasteiger partial charge is 0.473 e. The first-order valence-electron chi connectivity index (χ1n) is 12.4. The molecule has 1 saturated heterocycles. The molecular formula is C27H32FN5O3. The van der Waals surface area contributed by atoms with E-state index >= 15 is 4.39 Å². The lowest BCUT2D eigenvalue weighted by Gasteiger charge is -2.49. The van der Waals surface area contributed by atoms with Gasteiger partial charge in [-0.05, 0) is 94.1 Å². The molecule has 1 aliphatic carbocycles. The Morgan fingerprint density at radius 1 is 1.14 bits per heavy atom. The summed E-state index contributed by atoms with van der Waals surface area (Å²) < 4.78 is 26.3. The third-order valence-corrected chi connectivity index (χ3v) is 7.28. The summed E-state index contributed by atoms with van der Waals surface area (Å²) in [5.74, 6) is 0.262. The quantitative estimate of drug-likeness (QED) is 0.448. The molecule has 2 fully saturated rings. The number of rotatable bonds is 5. The number of hydrogen-bond donors (Lipinski definition) is 3. The van der Waals surface area contributed by atoms with Gasteiger partial charge in [-0.25, -0.2) is 19.2 Å². The summed E-state index contributed by atoms with van der Waals surface area (Å²) in [5.41, 5.74) is 8.55. The van der Waals surface area contributed by atoms with Gasteiger partial charge in [-0.1, -0.05) is 0 Å². The summed E-state index contributed by atoms with van der Waals surface area (Å²) in [4.78, 5) is 21.0. The molecule has 36 heavy (non-hydrogen) atoms. The lowest BCUT2D eigenvalue weighted by Crippen LogP contribution is -2.49. The van der Waals surface area contributed by atoms with E-state index in [1.54, 1.807) is 18.3 Å². The maximum absolute atomic E-state index is 15.1. The molecule has 1 amide bonds. The normalized spacial score (nSPS) is 17.2. The van der Waals surface area contributed by atoms with Crippen molar-refractivity contribution in [3.63, 3.8) is 0 Å². The van der Waals surface area contributed by atoms with Crippen molar-refractivity contribution in [2.24, 2.45) is 5.41 Å². The van der Waals surface area contributed by atoms with Crippen LogP contribution in [0.25, 0.3) is 21.9 Å². The predicted octanol–water partition coefficient (Wildman–Crippen LogP) is 5.19.